The summed E-state index contributed by atoms with van der Waals surface area (Å²) in [7, 11) is 0. The summed E-state index contributed by atoms with van der Waals surface area (Å²) in [6, 6.07) is 12.8. The van der Waals surface area contributed by atoms with Gasteiger partial charge in [-0.25, -0.2) is 4.58 Å². The SMILES string of the molecule is CC[N+](CC)=c1ccc2cc3ccc([N+](=O)[O-])cc3oc-2c1. The zero-order chi connectivity index (χ0) is 15.7. The summed E-state index contributed by atoms with van der Waals surface area (Å²) in [5.74, 6) is 0.734. The number of fused-ring (bicyclic) bond motifs is 2. The summed E-state index contributed by atoms with van der Waals surface area (Å²) in [6.07, 6.45) is 0. The molecule has 0 fully saturated rings. The van der Waals surface area contributed by atoms with E-state index in [1.54, 1.807) is 6.07 Å². The Kier molecular flexibility index (Phi) is 3.63. The van der Waals surface area contributed by atoms with E-state index in [-0.39, 0.29) is 5.69 Å². The summed E-state index contributed by atoms with van der Waals surface area (Å²) in [5.41, 5.74) is 1.55. The van der Waals surface area contributed by atoms with Crippen LogP contribution in [0.25, 0.3) is 22.3 Å². The van der Waals surface area contributed by atoms with E-state index in [0.29, 0.717) is 5.58 Å². The first-order chi connectivity index (χ1) is 10.6. The van der Waals surface area contributed by atoms with Crippen LogP contribution in [0.4, 0.5) is 5.69 Å². The van der Waals surface area contributed by atoms with E-state index < -0.39 is 4.92 Å². The monoisotopic (exact) mass is 297 g/mol. The third-order valence-corrected chi connectivity index (χ3v) is 3.86. The van der Waals surface area contributed by atoms with Crippen molar-refractivity contribution in [2.24, 2.45) is 0 Å². The van der Waals surface area contributed by atoms with E-state index in [0.717, 1.165) is 35.2 Å². The Bertz CT molecular complexity index is 890. The number of nitro groups is 1. The molecule has 1 aromatic rings. The van der Waals surface area contributed by atoms with Gasteiger partial charge in [0.1, 0.15) is 24.4 Å². The second kappa shape index (κ2) is 5.60. The van der Waals surface area contributed by atoms with Gasteiger partial charge in [0.2, 0.25) is 5.36 Å². The molecule has 0 radical (unpaired) electrons. The predicted octanol–water partition coefficient (Wildman–Crippen LogP) is 3.26. The minimum atomic E-state index is -0.411. The first kappa shape index (κ1) is 14.3. The van der Waals surface area contributed by atoms with Gasteiger partial charge in [-0.05, 0) is 32.0 Å². The Balaban J connectivity index is 2.28. The fraction of sp³-hybridized carbons (Fsp3) is 0.235. The molecule has 0 atom stereocenters. The van der Waals surface area contributed by atoms with E-state index in [4.69, 9.17) is 4.42 Å². The summed E-state index contributed by atoms with van der Waals surface area (Å²) in [4.78, 5) is 10.5. The molecule has 1 aliphatic carbocycles. The number of hydrogen-bond donors (Lipinski definition) is 0. The molecule has 0 spiro atoms. The van der Waals surface area contributed by atoms with Crippen LogP contribution in [0.15, 0.2) is 46.9 Å². The highest BCUT2D eigenvalue weighted by Crippen LogP contribution is 2.29. The molecule has 0 aromatic heterocycles. The number of nitro benzene ring substituents is 1. The first-order valence-electron chi connectivity index (χ1n) is 7.32. The smallest absolute Gasteiger partial charge is 0.273 e. The molecule has 2 aliphatic rings. The van der Waals surface area contributed by atoms with Crippen LogP contribution in [0.3, 0.4) is 0 Å². The molecule has 5 nitrogen and oxygen atoms in total. The zero-order valence-electron chi connectivity index (χ0n) is 12.6. The van der Waals surface area contributed by atoms with Gasteiger partial charge < -0.3 is 4.42 Å². The number of nitrogens with zero attached hydrogens (tertiary/aromatic N) is 2. The summed E-state index contributed by atoms with van der Waals surface area (Å²) in [5, 5.41) is 12.8. The highest BCUT2D eigenvalue weighted by Gasteiger charge is 2.12. The van der Waals surface area contributed by atoms with Gasteiger partial charge in [-0.1, -0.05) is 0 Å². The number of hydrogen-bond acceptors (Lipinski definition) is 3. The summed E-state index contributed by atoms with van der Waals surface area (Å²) >= 11 is 0. The largest absolute Gasteiger partial charge is 0.456 e. The van der Waals surface area contributed by atoms with E-state index in [1.165, 1.54) is 12.1 Å². The van der Waals surface area contributed by atoms with Crippen LogP contribution in [0.1, 0.15) is 13.8 Å². The maximum absolute atomic E-state index is 10.9. The van der Waals surface area contributed by atoms with Crippen LogP contribution in [0, 0.1) is 10.1 Å². The van der Waals surface area contributed by atoms with Crippen molar-refractivity contribution in [1.29, 1.82) is 0 Å². The quantitative estimate of drug-likeness (QED) is 0.323. The van der Waals surface area contributed by atoms with Gasteiger partial charge in [-0.15, -0.1) is 0 Å². The van der Waals surface area contributed by atoms with E-state index in [2.05, 4.69) is 24.5 Å². The molecule has 5 heteroatoms. The van der Waals surface area contributed by atoms with Crippen molar-refractivity contribution in [1.82, 2.24) is 4.58 Å². The average molecular weight is 297 g/mol. The molecular weight excluding hydrogens is 280 g/mol. The van der Waals surface area contributed by atoms with Crippen molar-refractivity contribution < 1.29 is 9.34 Å². The fourth-order valence-electron chi connectivity index (χ4n) is 2.65. The van der Waals surface area contributed by atoms with Gasteiger partial charge >= 0.3 is 0 Å². The molecular formula is C17H17N2O3+. The number of non-ortho nitro benzene ring substituents is 1. The zero-order valence-corrected chi connectivity index (χ0v) is 12.6. The molecule has 0 N–H and O–H groups in total. The minimum Gasteiger partial charge on any atom is -0.456 e. The van der Waals surface area contributed by atoms with Crippen LogP contribution >= 0.6 is 0 Å². The molecule has 1 aliphatic heterocycles. The third kappa shape index (κ3) is 2.45. The van der Waals surface area contributed by atoms with Crippen LogP contribution in [-0.2, 0) is 0 Å². The van der Waals surface area contributed by atoms with Crippen molar-refractivity contribution in [2.75, 3.05) is 13.1 Å². The second-order valence-corrected chi connectivity index (χ2v) is 5.12. The van der Waals surface area contributed by atoms with E-state index >= 15 is 0 Å². The van der Waals surface area contributed by atoms with Gasteiger partial charge in [0.15, 0.2) is 0 Å². The van der Waals surface area contributed by atoms with Crippen molar-refractivity contribution in [3.8, 4) is 11.3 Å². The Labute approximate surface area is 127 Å². The molecule has 3 rings (SSSR count). The normalized spacial score (nSPS) is 11.0. The maximum atomic E-state index is 10.9. The summed E-state index contributed by atoms with van der Waals surface area (Å²) < 4.78 is 8.11. The van der Waals surface area contributed by atoms with Crippen molar-refractivity contribution in [3.63, 3.8) is 0 Å². The molecule has 0 unspecified atom stereocenters. The van der Waals surface area contributed by atoms with Crippen molar-refractivity contribution in [3.05, 3.63) is 57.9 Å². The molecule has 112 valence electrons. The minimum absolute atomic E-state index is 0.0375. The number of benzene rings is 2. The van der Waals surface area contributed by atoms with Crippen LogP contribution < -0.4 is 9.93 Å². The van der Waals surface area contributed by atoms with Gasteiger partial charge in [0, 0.05) is 23.1 Å². The number of rotatable bonds is 3. The lowest BCUT2D eigenvalue weighted by Crippen LogP contribution is -2.29. The van der Waals surface area contributed by atoms with Gasteiger partial charge in [-0.2, -0.15) is 0 Å². The summed E-state index contributed by atoms with van der Waals surface area (Å²) in [6.45, 7) is 6.05. The lowest BCUT2D eigenvalue weighted by atomic mass is 10.1. The molecule has 0 saturated heterocycles. The molecule has 1 aromatic carbocycles. The lowest BCUT2D eigenvalue weighted by molar-refractivity contribution is -0.384. The van der Waals surface area contributed by atoms with Gasteiger partial charge in [-0.3, -0.25) is 10.1 Å². The lowest BCUT2D eigenvalue weighted by Gasteiger charge is -2.06. The van der Waals surface area contributed by atoms with Crippen molar-refractivity contribution >= 4 is 16.7 Å². The van der Waals surface area contributed by atoms with Gasteiger partial charge in [0.05, 0.1) is 17.1 Å². The first-order valence-corrected chi connectivity index (χ1v) is 7.32. The van der Waals surface area contributed by atoms with Crippen molar-refractivity contribution in [2.45, 2.75) is 13.8 Å². The second-order valence-electron chi connectivity index (χ2n) is 5.12. The van der Waals surface area contributed by atoms with Crippen LogP contribution in [0.2, 0.25) is 0 Å². The molecule has 1 heterocycles. The van der Waals surface area contributed by atoms with Crippen LogP contribution in [0.5, 0.6) is 0 Å². The maximum Gasteiger partial charge on any atom is 0.273 e. The Morgan fingerprint density at radius 3 is 2.50 bits per heavy atom. The Morgan fingerprint density at radius 1 is 1.05 bits per heavy atom. The van der Waals surface area contributed by atoms with Crippen LogP contribution in [-0.4, -0.2) is 18.0 Å². The molecule has 0 amide bonds. The van der Waals surface area contributed by atoms with Gasteiger partial charge in [0.25, 0.3) is 5.69 Å². The standard InChI is InChI=1S/C17H17N2O3/c1-3-18(4-2)14-7-5-12-9-13-6-8-15(19(20)21)11-17(13)22-16(12)10-14/h5-11H,3-4H2,1-2H3/q+1. The van der Waals surface area contributed by atoms with E-state index in [1.807, 2.05) is 18.2 Å². The predicted molar refractivity (Wildman–Crippen MR) is 85.8 cm³/mol. The van der Waals surface area contributed by atoms with E-state index in [9.17, 15) is 10.1 Å². The topological polar surface area (TPSA) is 59.3 Å². The fourth-order valence-corrected chi connectivity index (χ4v) is 2.65. The Morgan fingerprint density at radius 2 is 1.82 bits per heavy atom. The molecule has 0 saturated carbocycles. The average Bonchev–Trinajstić information content (AvgIpc) is 2.53. The third-order valence-electron chi connectivity index (χ3n) is 3.86. The molecule has 0 bridgehead atoms. The Hall–Kier alpha value is -2.69. The highest BCUT2D eigenvalue weighted by atomic mass is 16.6. The highest BCUT2D eigenvalue weighted by molar-refractivity contribution is 5.84. The molecule has 22 heavy (non-hydrogen) atoms.